The molecular weight excluding hydrogens is 576 g/mol. The lowest BCUT2D eigenvalue weighted by Crippen LogP contribution is -2.24. The molecule has 4 aromatic carbocycles. The minimum Gasteiger partial charge on any atom is -0.454 e. The quantitative estimate of drug-likeness (QED) is 0.152. The van der Waals surface area contributed by atoms with Crippen LogP contribution in [0, 0.1) is 11.6 Å². The molecule has 0 radical (unpaired) electrons. The number of hydrogen-bond donors (Lipinski definition) is 0. The fourth-order valence-corrected chi connectivity index (χ4v) is 5.91. The number of ether oxygens (including phenoxy) is 4. The van der Waals surface area contributed by atoms with Crippen LogP contribution < -0.4 is 18.9 Å². The van der Waals surface area contributed by atoms with E-state index in [4.69, 9.17) is 23.9 Å². The number of aromatic nitrogens is 2. The highest BCUT2D eigenvalue weighted by Gasteiger charge is 2.24. The van der Waals surface area contributed by atoms with Gasteiger partial charge >= 0.3 is 0 Å². The second-order valence-electron chi connectivity index (χ2n) is 11.3. The third kappa shape index (κ3) is 6.21. The van der Waals surface area contributed by atoms with Crippen LogP contribution in [0.15, 0.2) is 84.9 Å². The molecule has 1 aromatic heterocycles. The Morgan fingerprint density at radius 1 is 0.689 bits per heavy atom. The van der Waals surface area contributed by atoms with E-state index in [-0.39, 0.29) is 13.6 Å². The molecule has 0 N–H and O–H groups in total. The van der Waals surface area contributed by atoms with E-state index in [2.05, 4.69) is 16.4 Å². The Balaban J connectivity index is 1.33. The zero-order chi connectivity index (χ0) is 30.8. The van der Waals surface area contributed by atoms with Gasteiger partial charge in [0, 0.05) is 43.4 Å². The molecule has 45 heavy (non-hydrogen) atoms. The van der Waals surface area contributed by atoms with Crippen LogP contribution in [-0.2, 0) is 26.2 Å². The molecule has 2 aliphatic rings. The maximum Gasteiger partial charge on any atom is 0.231 e. The molecule has 9 heteroatoms. The maximum atomic E-state index is 14.6. The van der Waals surface area contributed by atoms with E-state index in [0.29, 0.717) is 48.9 Å². The topological polar surface area (TPSA) is 58.0 Å². The molecule has 0 saturated carbocycles. The van der Waals surface area contributed by atoms with Gasteiger partial charge in [-0.05, 0) is 53.9 Å². The monoisotopic (exact) mass is 609 g/mol. The predicted molar refractivity (Wildman–Crippen MR) is 166 cm³/mol. The second kappa shape index (κ2) is 12.6. The van der Waals surface area contributed by atoms with Crippen molar-refractivity contribution in [1.29, 1.82) is 0 Å². The van der Waals surface area contributed by atoms with Gasteiger partial charge in [-0.2, -0.15) is 0 Å². The normalized spacial score (nSPS) is 13.2. The van der Waals surface area contributed by atoms with E-state index in [1.165, 1.54) is 12.1 Å². The zero-order valence-corrected chi connectivity index (χ0v) is 25.0. The SMILES string of the molecule is CCCCn1c(-c2ccccc2)nc(-c2cc(F)cc(F)c2)c1CN(Cc1ccc2c(c1)OCO2)Cc1ccc2c(c1)OCO2. The highest BCUT2D eigenvalue weighted by molar-refractivity contribution is 5.68. The van der Waals surface area contributed by atoms with Gasteiger partial charge in [-0.1, -0.05) is 55.8 Å². The van der Waals surface area contributed by atoms with Crippen molar-refractivity contribution in [2.75, 3.05) is 13.6 Å². The van der Waals surface area contributed by atoms with E-state index < -0.39 is 11.6 Å². The number of benzene rings is 4. The van der Waals surface area contributed by atoms with Crippen LogP contribution >= 0.6 is 0 Å². The molecule has 5 aromatic rings. The molecule has 230 valence electrons. The number of unbranched alkanes of at least 4 members (excludes halogenated alkanes) is 1. The van der Waals surface area contributed by atoms with E-state index in [9.17, 15) is 8.78 Å². The first kappa shape index (κ1) is 28.9. The maximum absolute atomic E-state index is 14.6. The van der Waals surface area contributed by atoms with Gasteiger partial charge in [-0.15, -0.1) is 0 Å². The molecule has 0 bridgehead atoms. The molecule has 2 aliphatic heterocycles. The minimum atomic E-state index is -0.641. The van der Waals surface area contributed by atoms with Gasteiger partial charge in [0.25, 0.3) is 0 Å². The molecule has 0 fully saturated rings. The van der Waals surface area contributed by atoms with Crippen molar-refractivity contribution in [3.05, 3.63) is 113 Å². The van der Waals surface area contributed by atoms with E-state index >= 15 is 0 Å². The van der Waals surface area contributed by atoms with Crippen LogP contribution in [0.2, 0.25) is 0 Å². The minimum absolute atomic E-state index is 0.201. The smallest absolute Gasteiger partial charge is 0.231 e. The molecule has 0 aliphatic carbocycles. The van der Waals surface area contributed by atoms with Crippen LogP contribution in [0.4, 0.5) is 8.78 Å². The lowest BCUT2D eigenvalue weighted by molar-refractivity contribution is 0.173. The first-order valence-corrected chi connectivity index (χ1v) is 15.1. The predicted octanol–water partition coefficient (Wildman–Crippen LogP) is 7.96. The standard InChI is InChI=1S/C36H33F2N3O4/c1-2-3-13-41-30(35(27-16-28(37)18-29(38)17-27)39-36(41)26-7-5-4-6-8-26)21-40(19-24-9-11-31-33(14-24)44-22-42-31)20-25-10-12-32-34(15-25)45-23-43-32/h4-12,14-18H,2-3,13,19-23H2,1H3. The summed E-state index contributed by atoms with van der Waals surface area (Å²) >= 11 is 0. The molecule has 3 heterocycles. The van der Waals surface area contributed by atoms with E-state index in [1.54, 1.807) is 0 Å². The Bertz CT molecular complexity index is 1750. The Kier molecular flexibility index (Phi) is 8.09. The fourth-order valence-electron chi connectivity index (χ4n) is 5.91. The Morgan fingerprint density at radius 3 is 1.89 bits per heavy atom. The third-order valence-corrected chi connectivity index (χ3v) is 8.04. The van der Waals surface area contributed by atoms with Crippen molar-refractivity contribution >= 4 is 0 Å². The third-order valence-electron chi connectivity index (χ3n) is 8.04. The van der Waals surface area contributed by atoms with Gasteiger partial charge in [-0.3, -0.25) is 4.90 Å². The summed E-state index contributed by atoms with van der Waals surface area (Å²) in [7, 11) is 0. The summed E-state index contributed by atoms with van der Waals surface area (Å²) in [5.74, 6) is 2.36. The average molecular weight is 610 g/mol. The van der Waals surface area contributed by atoms with Crippen LogP contribution in [0.3, 0.4) is 0 Å². The number of imidazole rings is 1. The number of halogens is 2. The van der Waals surface area contributed by atoms with E-state index in [1.807, 2.05) is 66.7 Å². The number of rotatable bonds is 11. The molecular formula is C36H33F2N3O4. The molecule has 0 spiro atoms. The van der Waals surface area contributed by atoms with Gasteiger partial charge in [0.2, 0.25) is 13.6 Å². The Hall–Kier alpha value is -4.89. The lowest BCUT2D eigenvalue weighted by Gasteiger charge is -2.25. The van der Waals surface area contributed by atoms with Crippen LogP contribution in [-0.4, -0.2) is 28.0 Å². The zero-order valence-electron chi connectivity index (χ0n) is 25.0. The molecule has 7 rings (SSSR count). The number of fused-ring (bicyclic) bond motifs is 2. The molecule has 0 unspecified atom stereocenters. The number of nitrogens with zero attached hydrogens (tertiary/aromatic N) is 3. The molecule has 0 saturated heterocycles. The summed E-state index contributed by atoms with van der Waals surface area (Å²) in [4.78, 5) is 7.37. The van der Waals surface area contributed by atoms with Crippen molar-refractivity contribution in [3.63, 3.8) is 0 Å². The second-order valence-corrected chi connectivity index (χ2v) is 11.3. The van der Waals surface area contributed by atoms with Gasteiger partial charge < -0.3 is 23.5 Å². The lowest BCUT2D eigenvalue weighted by atomic mass is 10.1. The summed E-state index contributed by atoms with van der Waals surface area (Å²) in [6.07, 6.45) is 1.90. The average Bonchev–Trinajstić information content (AvgIpc) is 3.78. The summed E-state index contributed by atoms with van der Waals surface area (Å²) in [6, 6.07) is 25.5. The Labute approximate surface area is 260 Å². The van der Waals surface area contributed by atoms with Crippen LogP contribution in [0.25, 0.3) is 22.6 Å². The van der Waals surface area contributed by atoms with Gasteiger partial charge in [-0.25, -0.2) is 13.8 Å². The summed E-state index contributed by atoms with van der Waals surface area (Å²) in [6.45, 7) is 4.86. The van der Waals surface area contributed by atoms with Crippen molar-refractivity contribution in [2.24, 2.45) is 0 Å². The first-order valence-electron chi connectivity index (χ1n) is 15.1. The van der Waals surface area contributed by atoms with Crippen LogP contribution in [0.1, 0.15) is 36.6 Å². The van der Waals surface area contributed by atoms with Gasteiger partial charge in [0.05, 0.1) is 11.4 Å². The summed E-state index contributed by atoms with van der Waals surface area (Å²) in [5.41, 5.74) is 4.87. The first-order chi connectivity index (χ1) is 22.0. The fraction of sp³-hybridized carbons (Fsp3) is 0.250. The van der Waals surface area contributed by atoms with E-state index in [0.717, 1.165) is 58.6 Å². The van der Waals surface area contributed by atoms with Crippen molar-refractivity contribution in [1.82, 2.24) is 14.5 Å². The van der Waals surface area contributed by atoms with Gasteiger partial charge in [0.15, 0.2) is 23.0 Å². The van der Waals surface area contributed by atoms with Crippen molar-refractivity contribution in [2.45, 2.75) is 45.9 Å². The number of hydrogen-bond acceptors (Lipinski definition) is 6. The highest BCUT2D eigenvalue weighted by atomic mass is 19.1. The van der Waals surface area contributed by atoms with Crippen molar-refractivity contribution < 1.29 is 27.7 Å². The summed E-state index contributed by atoms with van der Waals surface area (Å²) < 4.78 is 53.8. The molecule has 0 amide bonds. The van der Waals surface area contributed by atoms with Crippen LogP contribution in [0.5, 0.6) is 23.0 Å². The molecule has 0 atom stereocenters. The van der Waals surface area contributed by atoms with Crippen molar-refractivity contribution in [3.8, 4) is 45.6 Å². The Morgan fingerprint density at radius 2 is 1.29 bits per heavy atom. The largest absolute Gasteiger partial charge is 0.454 e. The summed E-state index contributed by atoms with van der Waals surface area (Å²) in [5, 5.41) is 0. The molecule has 7 nitrogen and oxygen atoms in total. The van der Waals surface area contributed by atoms with Gasteiger partial charge in [0.1, 0.15) is 17.5 Å². The highest BCUT2D eigenvalue weighted by Crippen LogP contribution is 2.36.